The molecule has 0 spiro atoms. The highest BCUT2D eigenvalue weighted by atomic mass is 16.5. The molecule has 5 heteroatoms. The summed E-state index contributed by atoms with van der Waals surface area (Å²) in [5.74, 6) is 0.755. The standard InChI is InChI=1S/C6H9N3O2/c1-8(10)5-3-4-6(7-5)9(2)11/h3-4,7H,1-2H3/q-2. The van der Waals surface area contributed by atoms with Gasteiger partial charge >= 0.3 is 0 Å². The third-order valence-corrected chi connectivity index (χ3v) is 1.33. The van der Waals surface area contributed by atoms with E-state index in [0.717, 1.165) is 0 Å². The molecule has 1 heterocycles. The van der Waals surface area contributed by atoms with Crippen molar-refractivity contribution < 1.29 is 0 Å². The van der Waals surface area contributed by atoms with Crippen LogP contribution in [0.25, 0.3) is 0 Å². The number of aromatic amines is 1. The van der Waals surface area contributed by atoms with Gasteiger partial charge in [-0.15, -0.1) is 0 Å². The van der Waals surface area contributed by atoms with Crippen LogP contribution in [0.15, 0.2) is 12.1 Å². The van der Waals surface area contributed by atoms with Gasteiger partial charge in [-0.3, -0.25) is 0 Å². The summed E-state index contributed by atoms with van der Waals surface area (Å²) < 4.78 is 0. The highest BCUT2D eigenvalue weighted by molar-refractivity contribution is 5.51. The number of hydroxylamine groups is 2. The lowest BCUT2D eigenvalue weighted by Crippen LogP contribution is -2.08. The van der Waals surface area contributed by atoms with Crippen molar-refractivity contribution in [1.82, 2.24) is 4.98 Å². The SMILES string of the molecule is CN([O-])c1ccc(N(C)[O-])[nH]1. The Bertz CT molecular complexity index is 209. The van der Waals surface area contributed by atoms with Crippen molar-refractivity contribution in [2.24, 2.45) is 0 Å². The smallest absolute Gasteiger partial charge is 0.0959 e. The van der Waals surface area contributed by atoms with Crippen LogP contribution in [0, 0.1) is 10.4 Å². The molecule has 0 aromatic carbocycles. The lowest BCUT2D eigenvalue weighted by atomic mass is 10.6. The minimum Gasteiger partial charge on any atom is -0.757 e. The first-order valence-corrected chi connectivity index (χ1v) is 3.12. The fraction of sp³-hybridized carbons (Fsp3) is 0.333. The highest BCUT2D eigenvalue weighted by Gasteiger charge is 1.95. The van der Waals surface area contributed by atoms with Crippen LogP contribution < -0.4 is 10.1 Å². The number of rotatable bonds is 2. The van der Waals surface area contributed by atoms with Crippen LogP contribution in [0.3, 0.4) is 0 Å². The maximum absolute atomic E-state index is 10.6. The van der Waals surface area contributed by atoms with Crippen molar-refractivity contribution in [2.45, 2.75) is 0 Å². The Morgan fingerprint density at radius 1 is 1.09 bits per heavy atom. The Kier molecular flexibility index (Phi) is 2.02. The second-order valence-electron chi connectivity index (χ2n) is 2.22. The molecule has 1 aromatic rings. The second-order valence-corrected chi connectivity index (χ2v) is 2.22. The van der Waals surface area contributed by atoms with Crippen molar-refractivity contribution in [1.29, 1.82) is 0 Å². The average Bonchev–Trinajstić information content (AvgIpc) is 2.33. The third kappa shape index (κ3) is 1.63. The van der Waals surface area contributed by atoms with Crippen molar-refractivity contribution in [3.63, 3.8) is 0 Å². The number of aromatic nitrogens is 1. The third-order valence-electron chi connectivity index (χ3n) is 1.33. The molecule has 0 saturated carbocycles. The maximum Gasteiger partial charge on any atom is 0.0959 e. The topological polar surface area (TPSA) is 68.4 Å². The van der Waals surface area contributed by atoms with Crippen LogP contribution in [0.4, 0.5) is 11.6 Å². The molecule has 0 radical (unpaired) electrons. The quantitative estimate of drug-likeness (QED) is 0.644. The molecule has 1 rings (SSSR count). The fourth-order valence-electron chi connectivity index (χ4n) is 0.740. The van der Waals surface area contributed by atoms with Crippen LogP contribution in [-0.4, -0.2) is 19.1 Å². The van der Waals surface area contributed by atoms with Gasteiger partial charge in [0.2, 0.25) is 0 Å². The number of H-pyrrole nitrogens is 1. The summed E-state index contributed by atoms with van der Waals surface area (Å²) in [6, 6.07) is 3.10. The van der Waals surface area contributed by atoms with Crippen molar-refractivity contribution in [2.75, 3.05) is 24.2 Å². The molecule has 0 fully saturated rings. The summed E-state index contributed by atoms with van der Waals surface area (Å²) in [5.41, 5.74) is 0. The minimum absolute atomic E-state index is 0.378. The molecule has 62 valence electrons. The minimum atomic E-state index is 0.378. The Morgan fingerprint density at radius 3 is 1.64 bits per heavy atom. The lowest BCUT2D eigenvalue weighted by molar-refractivity contribution is 1.11. The molecular weight excluding hydrogens is 146 g/mol. The van der Waals surface area contributed by atoms with E-state index < -0.39 is 0 Å². The van der Waals surface area contributed by atoms with E-state index in [1.807, 2.05) is 0 Å². The number of hydrogen-bond acceptors (Lipinski definition) is 4. The number of anilines is 2. The van der Waals surface area contributed by atoms with E-state index in [1.165, 1.54) is 14.1 Å². The lowest BCUT2D eigenvalue weighted by Gasteiger charge is -2.25. The fourth-order valence-corrected chi connectivity index (χ4v) is 0.740. The van der Waals surface area contributed by atoms with Crippen LogP contribution in [0.2, 0.25) is 0 Å². The van der Waals surface area contributed by atoms with Crippen LogP contribution in [0.5, 0.6) is 0 Å². The van der Waals surface area contributed by atoms with Gasteiger partial charge in [-0.25, -0.2) is 0 Å². The van der Waals surface area contributed by atoms with Crippen LogP contribution in [0.1, 0.15) is 0 Å². The molecule has 0 saturated heterocycles. The molecule has 5 nitrogen and oxygen atoms in total. The summed E-state index contributed by atoms with van der Waals surface area (Å²) in [5, 5.41) is 22.6. The van der Waals surface area contributed by atoms with Crippen molar-refractivity contribution >= 4 is 11.6 Å². The number of hydrogen-bond donors (Lipinski definition) is 1. The van der Waals surface area contributed by atoms with E-state index in [2.05, 4.69) is 4.98 Å². The zero-order valence-corrected chi connectivity index (χ0v) is 6.37. The molecule has 0 atom stereocenters. The molecule has 0 aliphatic carbocycles. The van der Waals surface area contributed by atoms with E-state index in [9.17, 15) is 10.4 Å². The van der Waals surface area contributed by atoms with Gasteiger partial charge in [0, 0.05) is 0 Å². The predicted molar refractivity (Wildman–Crippen MR) is 44.3 cm³/mol. The normalized spacial score (nSPS) is 9.82. The highest BCUT2D eigenvalue weighted by Crippen LogP contribution is 2.16. The largest absolute Gasteiger partial charge is 0.757 e. The van der Waals surface area contributed by atoms with Gasteiger partial charge in [0.1, 0.15) is 0 Å². The zero-order valence-electron chi connectivity index (χ0n) is 6.37. The molecule has 0 amide bonds. The summed E-state index contributed by atoms with van der Waals surface area (Å²) >= 11 is 0. The van der Waals surface area contributed by atoms with Gasteiger partial charge in [-0.2, -0.15) is 0 Å². The predicted octanol–water partition coefficient (Wildman–Crippen LogP) is 0.883. The monoisotopic (exact) mass is 155 g/mol. The Labute approximate surface area is 64.4 Å². The van der Waals surface area contributed by atoms with Gasteiger partial charge in [0.25, 0.3) is 0 Å². The van der Waals surface area contributed by atoms with Crippen molar-refractivity contribution in [3.05, 3.63) is 22.5 Å². The van der Waals surface area contributed by atoms with Crippen molar-refractivity contribution in [3.8, 4) is 0 Å². The zero-order chi connectivity index (χ0) is 8.43. The molecule has 0 unspecified atom stereocenters. The first kappa shape index (κ1) is 7.90. The molecular formula is C6H9N3O2-2. The molecule has 11 heavy (non-hydrogen) atoms. The van der Waals surface area contributed by atoms with Gasteiger partial charge in [0.05, 0.1) is 11.6 Å². The van der Waals surface area contributed by atoms with Gasteiger partial charge in [-0.1, -0.05) is 0 Å². The second kappa shape index (κ2) is 2.81. The Balaban J connectivity index is 2.82. The summed E-state index contributed by atoms with van der Waals surface area (Å²) in [6.45, 7) is 0. The van der Waals surface area contributed by atoms with E-state index >= 15 is 0 Å². The van der Waals surface area contributed by atoms with Gasteiger partial charge in [0.15, 0.2) is 0 Å². The Hall–Kier alpha value is -1.20. The van der Waals surface area contributed by atoms with E-state index in [1.54, 1.807) is 12.1 Å². The van der Waals surface area contributed by atoms with E-state index in [-0.39, 0.29) is 0 Å². The summed E-state index contributed by atoms with van der Waals surface area (Å²) in [7, 11) is 2.72. The first-order valence-electron chi connectivity index (χ1n) is 3.12. The van der Waals surface area contributed by atoms with Crippen LogP contribution >= 0.6 is 0 Å². The Morgan fingerprint density at radius 2 is 1.45 bits per heavy atom. The molecule has 0 bridgehead atoms. The average molecular weight is 155 g/mol. The molecule has 1 aromatic heterocycles. The molecule has 0 aliphatic rings. The molecule has 0 aliphatic heterocycles. The summed E-state index contributed by atoms with van der Waals surface area (Å²) in [4.78, 5) is 2.64. The number of nitrogens with one attached hydrogen (secondary N) is 1. The number of nitrogens with zero attached hydrogens (tertiary/aromatic N) is 2. The summed E-state index contributed by atoms with van der Waals surface area (Å²) in [6.07, 6.45) is 0. The molecule has 1 N–H and O–H groups in total. The van der Waals surface area contributed by atoms with E-state index in [4.69, 9.17) is 0 Å². The van der Waals surface area contributed by atoms with Crippen LogP contribution in [-0.2, 0) is 0 Å². The van der Waals surface area contributed by atoms with E-state index in [0.29, 0.717) is 21.8 Å². The van der Waals surface area contributed by atoms with Gasteiger partial charge < -0.3 is 25.5 Å². The van der Waals surface area contributed by atoms with Gasteiger partial charge in [-0.05, 0) is 26.2 Å². The first-order chi connectivity index (χ1) is 5.11. The maximum atomic E-state index is 10.6.